The Balaban J connectivity index is 1.50. The standard InChI is InChI=1S/C19H20N4O2/c1-25-17-8-3-2-7-16(17)22-9-11-23(12-10-22)19(24)14-5-4-6-15-18(14)21-13-20-15/h2-8,13H,9-12H2,1H3,(H,20,21). The molecule has 0 unspecified atom stereocenters. The predicted octanol–water partition coefficient (Wildman–Crippen LogP) is 2.53. The van der Waals surface area contributed by atoms with Gasteiger partial charge in [-0.15, -0.1) is 0 Å². The van der Waals surface area contributed by atoms with E-state index in [1.165, 1.54) is 0 Å². The highest BCUT2D eigenvalue weighted by molar-refractivity contribution is 6.04. The number of carbonyl (C=O) groups excluding carboxylic acids is 1. The second-order valence-electron chi connectivity index (χ2n) is 6.06. The fourth-order valence-corrected chi connectivity index (χ4v) is 3.35. The molecule has 3 aromatic rings. The van der Waals surface area contributed by atoms with Crippen LogP contribution in [0.2, 0.25) is 0 Å². The summed E-state index contributed by atoms with van der Waals surface area (Å²) in [5.74, 6) is 0.904. The highest BCUT2D eigenvalue weighted by Gasteiger charge is 2.25. The zero-order valence-electron chi connectivity index (χ0n) is 14.1. The van der Waals surface area contributed by atoms with E-state index in [1.807, 2.05) is 41.3 Å². The summed E-state index contributed by atoms with van der Waals surface area (Å²) in [5.41, 5.74) is 3.36. The van der Waals surface area contributed by atoms with Crippen LogP contribution in [-0.4, -0.2) is 54.1 Å². The van der Waals surface area contributed by atoms with Gasteiger partial charge in [-0.1, -0.05) is 18.2 Å². The van der Waals surface area contributed by atoms with Gasteiger partial charge in [0.2, 0.25) is 0 Å². The Morgan fingerprint density at radius 3 is 2.68 bits per heavy atom. The molecule has 1 fully saturated rings. The zero-order valence-corrected chi connectivity index (χ0v) is 14.1. The van der Waals surface area contributed by atoms with Crippen LogP contribution in [0.5, 0.6) is 5.75 Å². The second-order valence-corrected chi connectivity index (χ2v) is 6.06. The molecule has 2 aromatic carbocycles. The SMILES string of the molecule is COc1ccccc1N1CCN(C(=O)c2cccc3[nH]cnc23)CC1. The van der Waals surface area contributed by atoms with Gasteiger partial charge in [0.15, 0.2) is 0 Å². The number of methoxy groups -OCH3 is 1. The van der Waals surface area contributed by atoms with E-state index in [-0.39, 0.29) is 5.91 Å². The molecule has 6 heteroatoms. The summed E-state index contributed by atoms with van der Waals surface area (Å²) < 4.78 is 5.45. The van der Waals surface area contributed by atoms with Gasteiger partial charge in [0.05, 0.1) is 30.2 Å². The van der Waals surface area contributed by atoms with E-state index in [4.69, 9.17) is 4.74 Å². The lowest BCUT2D eigenvalue weighted by atomic mass is 10.1. The summed E-state index contributed by atoms with van der Waals surface area (Å²) in [4.78, 5) is 24.4. The van der Waals surface area contributed by atoms with Crippen molar-refractivity contribution >= 4 is 22.6 Å². The van der Waals surface area contributed by atoms with Gasteiger partial charge in [-0.2, -0.15) is 0 Å². The van der Waals surface area contributed by atoms with Crippen molar-refractivity contribution in [3.63, 3.8) is 0 Å². The number of aromatic amines is 1. The van der Waals surface area contributed by atoms with E-state index in [0.29, 0.717) is 18.7 Å². The lowest BCUT2D eigenvalue weighted by Crippen LogP contribution is -2.48. The van der Waals surface area contributed by atoms with Crippen molar-refractivity contribution in [2.75, 3.05) is 38.2 Å². The maximum absolute atomic E-state index is 12.9. The van der Waals surface area contributed by atoms with Gasteiger partial charge in [0.1, 0.15) is 11.3 Å². The van der Waals surface area contributed by atoms with Gasteiger partial charge in [0.25, 0.3) is 5.91 Å². The monoisotopic (exact) mass is 336 g/mol. The van der Waals surface area contributed by atoms with Gasteiger partial charge in [-0.05, 0) is 24.3 Å². The molecule has 1 amide bonds. The Labute approximate surface area is 146 Å². The summed E-state index contributed by atoms with van der Waals surface area (Å²) in [5, 5.41) is 0. The number of hydrogen-bond acceptors (Lipinski definition) is 4. The number of anilines is 1. The number of H-pyrrole nitrogens is 1. The number of carbonyl (C=O) groups is 1. The van der Waals surface area contributed by atoms with Crippen LogP contribution >= 0.6 is 0 Å². The number of piperazine rings is 1. The van der Waals surface area contributed by atoms with E-state index in [0.717, 1.165) is 35.6 Å². The van der Waals surface area contributed by atoms with Crippen molar-refractivity contribution in [3.8, 4) is 5.75 Å². The lowest BCUT2D eigenvalue weighted by Gasteiger charge is -2.36. The number of benzene rings is 2. The van der Waals surface area contributed by atoms with Crippen molar-refractivity contribution in [1.82, 2.24) is 14.9 Å². The van der Waals surface area contributed by atoms with Crippen LogP contribution in [0, 0.1) is 0 Å². The summed E-state index contributed by atoms with van der Waals surface area (Å²) in [6, 6.07) is 13.7. The molecule has 0 aliphatic carbocycles. The fourth-order valence-electron chi connectivity index (χ4n) is 3.35. The van der Waals surface area contributed by atoms with Crippen LogP contribution in [0.3, 0.4) is 0 Å². The van der Waals surface area contributed by atoms with Crippen LogP contribution in [0.25, 0.3) is 11.0 Å². The van der Waals surface area contributed by atoms with Crippen LogP contribution in [0.4, 0.5) is 5.69 Å². The molecule has 0 atom stereocenters. The smallest absolute Gasteiger partial charge is 0.256 e. The van der Waals surface area contributed by atoms with Crippen LogP contribution in [0.15, 0.2) is 48.8 Å². The first kappa shape index (κ1) is 15.5. The number of para-hydroxylation sites is 3. The third-order valence-corrected chi connectivity index (χ3v) is 4.67. The van der Waals surface area contributed by atoms with E-state index >= 15 is 0 Å². The molecule has 2 heterocycles. The molecular weight excluding hydrogens is 316 g/mol. The first-order chi connectivity index (χ1) is 12.3. The van der Waals surface area contributed by atoms with Gasteiger partial charge in [-0.3, -0.25) is 4.79 Å². The average molecular weight is 336 g/mol. The molecule has 1 saturated heterocycles. The summed E-state index contributed by atoms with van der Waals surface area (Å²) in [6.07, 6.45) is 1.63. The van der Waals surface area contributed by atoms with Gasteiger partial charge in [-0.25, -0.2) is 4.98 Å². The van der Waals surface area contributed by atoms with Crippen molar-refractivity contribution in [3.05, 3.63) is 54.4 Å². The van der Waals surface area contributed by atoms with Gasteiger partial charge in [0, 0.05) is 26.2 Å². The highest BCUT2D eigenvalue weighted by atomic mass is 16.5. The number of fused-ring (bicyclic) bond motifs is 1. The molecule has 1 N–H and O–H groups in total. The zero-order chi connectivity index (χ0) is 17.2. The quantitative estimate of drug-likeness (QED) is 0.798. The van der Waals surface area contributed by atoms with E-state index in [1.54, 1.807) is 13.4 Å². The second kappa shape index (κ2) is 6.47. The first-order valence-corrected chi connectivity index (χ1v) is 8.37. The molecule has 6 nitrogen and oxygen atoms in total. The summed E-state index contributed by atoms with van der Waals surface area (Å²) in [7, 11) is 1.68. The Morgan fingerprint density at radius 1 is 1.08 bits per heavy atom. The third-order valence-electron chi connectivity index (χ3n) is 4.67. The van der Waals surface area contributed by atoms with E-state index in [9.17, 15) is 4.79 Å². The molecule has 0 radical (unpaired) electrons. The molecule has 25 heavy (non-hydrogen) atoms. The molecule has 0 saturated carbocycles. The normalized spacial score (nSPS) is 14.8. The molecule has 0 spiro atoms. The highest BCUT2D eigenvalue weighted by Crippen LogP contribution is 2.28. The third kappa shape index (κ3) is 2.80. The van der Waals surface area contributed by atoms with Crippen molar-refractivity contribution < 1.29 is 9.53 Å². The minimum atomic E-state index is 0.0392. The molecule has 128 valence electrons. The summed E-state index contributed by atoms with van der Waals surface area (Å²) >= 11 is 0. The minimum absolute atomic E-state index is 0.0392. The van der Waals surface area contributed by atoms with E-state index < -0.39 is 0 Å². The molecule has 1 aromatic heterocycles. The maximum atomic E-state index is 12.9. The lowest BCUT2D eigenvalue weighted by molar-refractivity contribution is 0.0748. The van der Waals surface area contributed by atoms with Crippen molar-refractivity contribution in [2.24, 2.45) is 0 Å². The van der Waals surface area contributed by atoms with Gasteiger partial charge >= 0.3 is 0 Å². The maximum Gasteiger partial charge on any atom is 0.256 e. The Bertz CT molecular complexity index is 897. The number of rotatable bonds is 3. The molecule has 4 rings (SSSR count). The fraction of sp³-hybridized carbons (Fsp3) is 0.263. The topological polar surface area (TPSA) is 61.5 Å². The van der Waals surface area contributed by atoms with Gasteiger partial charge < -0.3 is 19.5 Å². The molecule has 0 bridgehead atoms. The van der Waals surface area contributed by atoms with E-state index in [2.05, 4.69) is 20.9 Å². The predicted molar refractivity (Wildman–Crippen MR) is 97.2 cm³/mol. The number of imidazole rings is 1. The first-order valence-electron chi connectivity index (χ1n) is 8.37. The number of amides is 1. The van der Waals surface area contributed by atoms with Crippen LogP contribution in [0.1, 0.15) is 10.4 Å². The number of ether oxygens (including phenoxy) is 1. The Hall–Kier alpha value is -3.02. The number of nitrogens with one attached hydrogen (secondary N) is 1. The minimum Gasteiger partial charge on any atom is -0.495 e. The largest absolute Gasteiger partial charge is 0.495 e. The van der Waals surface area contributed by atoms with Crippen molar-refractivity contribution in [1.29, 1.82) is 0 Å². The number of aromatic nitrogens is 2. The Kier molecular flexibility index (Phi) is 4.01. The molecule has 1 aliphatic heterocycles. The Morgan fingerprint density at radius 2 is 1.88 bits per heavy atom. The van der Waals surface area contributed by atoms with Crippen molar-refractivity contribution in [2.45, 2.75) is 0 Å². The summed E-state index contributed by atoms with van der Waals surface area (Å²) in [6.45, 7) is 2.92. The molecule has 1 aliphatic rings. The van der Waals surface area contributed by atoms with Crippen LogP contribution in [-0.2, 0) is 0 Å². The average Bonchev–Trinajstić information content (AvgIpc) is 3.16. The van der Waals surface area contributed by atoms with Crippen LogP contribution < -0.4 is 9.64 Å². The number of hydrogen-bond donors (Lipinski definition) is 1. The molecular formula is C19H20N4O2. The number of nitrogens with zero attached hydrogens (tertiary/aromatic N) is 3.